The third-order valence-electron chi connectivity index (χ3n) is 3.44. The Balaban J connectivity index is 2.00. The van der Waals surface area contributed by atoms with E-state index in [-0.39, 0.29) is 10.4 Å². The van der Waals surface area contributed by atoms with Crippen LogP contribution in [0.3, 0.4) is 0 Å². The summed E-state index contributed by atoms with van der Waals surface area (Å²) in [6.07, 6.45) is 1.63. The van der Waals surface area contributed by atoms with Crippen LogP contribution in [0.15, 0.2) is 47.4 Å². The van der Waals surface area contributed by atoms with Crippen molar-refractivity contribution in [3.63, 3.8) is 0 Å². The summed E-state index contributed by atoms with van der Waals surface area (Å²) < 4.78 is 1.25. The minimum atomic E-state index is -1.01. The molecule has 0 radical (unpaired) electrons. The van der Waals surface area contributed by atoms with Gasteiger partial charge in [-0.15, -0.1) is 11.3 Å². The molecular weight excluding hydrogens is 302 g/mol. The maximum atomic E-state index is 12.5. The average Bonchev–Trinajstić information content (AvgIpc) is 3.12. The Morgan fingerprint density at radius 2 is 2.05 bits per heavy atom. The van der Waals surface area contributed by atoms with E-state index in [9.17, 15) is 9.59 Å². The van der Waals surface area contributed by atoms with E-state index in [1.807, 2.05) is 24.3 Å². The predicted molar refractivity (Wildman–Crippen MR) is 83.1 cm³/mol. The van der Waals surface area contributed by atoms with Crippen molar-refractivity contribution in [1.29, 1.82) is 0 Å². The van der Waals surface area contributed by atoms with Crippen LogP contribution in [-0.4, -0.2) is 25.8 Å². The number of aromatic amines is 1. The third kappa shape index (κ3) is 1.76. The number of para-hydroxylation sites is 1. The zero-order valence-corrected chi connectivity index (χ0v) is 11.9. The van der Waals surface area contributed by atoms with Gasteiger partial charge in [0, 0.05) is 17.1 Å². The molecule has 0 saturated heterocycles. The fourth-order valence-electron chi connectivity index (χ4n) is 2.41. The zero-order valence-electron chi connectivity index (χ0n) is 11.1. The summed E-state index contributed by atoms with van der Waals surface area (Å²) in [5.74, 6) is -1.01. The number of hydrogen-bond donors (Lipinski definition) is 2. The molecule has 3 heterocycles. The molecule has 0 amide bonds. The van der Waals surface area contributed by atoms with E-state index < -0.39 is 5.97 Å². The summed E-state index contributed by atoms with van der Waals surface area (Å²) in [4.78, 5) is 26.7. The Hall–Kier alpha value is -2.93. The molecule has 4 rings (SSSR count). The molecule has 2 N–H and O–H groups in total. The second kappa shape index (κ2) is 4.54. The number of nitrogens with zero attached hydrogens (tertiary/aromatic N) is 2. The Morgan fingerprint density at radius 1 is 1.23 bits per heavy atom. The van der Waals surface area contributed by atoms with Crippen LogP contribution in [0.1, 0.15) is 9.67 Å². The molecule has 0 fully saturated rings. The number of carboxylic acids is 1. The van der Waals surface area contributed by atoms with Crippen LogP contribution in [0.2, 0.25) is 0 Å². The number of rotatable bonds is 2. The van der Waals surface area contributed by atoms with Crippen LogP contribution in [-0.2, 0) is 0 Å². The van der Waals surface area contributed by atoms with Gasteiger partial charge in [0.2, 0.25) is 0 Å². The minimum Gasteiger partial charge on any atom is -0.477 e. The van der Waals surface area contributed by atoms with Crippen molar-refractivity contribution in [3.8, 4) is 16.3 Å². The molecule has 22 heavy (non-hydrogen) atoms. The van der Waals surface area contributed by atoms with Crippen LogP contribution >= 0.6 is 11.3 Å². The van der Waals surface area contributed by atoms with E-state index in [1.54, 1.807) is 12.3 Å². The molecule has 2 aliphatic rings. The standard InChI is InChI=1S/C15H9N3O3S/c19-14-9-7-16-10-4-2-1-3-8(10)13(9)17-18(14)12-6-5-11(22-12)15(20)21/h1-7,16H,(H,20,21). The first kappa shape index (κ1) is 12.8. The molecule has 0 spiro atoms. The van der Waals surface area contributed by atoms with Crippen molar-refractivity contribution in [3.05, 3.63) is 57.8 Å². The van der Waals surface area contributed by atoms with E-state index in [0.717, 1.165) is 22.2 Å². The first-order chi connectivity index (χ1) is 10.6. The summed E-state index contributed by atoms with van der Waals surface area (Å²) in [5, 5.41) is 14.7. The molecule has 0 saturated carbocycles. The van der Waals surface area contributed by atoms with Gasteiger partial charge < -0.3 is 10.1 Å². The van der Waals surface area contributed by atoms with Gasteiger partial charge in [0.05, 0.1) is 5.56 Å². The van der Waals surface area contributed by atoms with Crippen LogP contribution in [0.25, 0.3) is 27.2 Å². The number of nitrogens with one attached hydrogen (secondary N) is 1. The number of carboxylic acid groups (broad SMARTS) is 1. The molecule has 6 nitrogen and oxygen atoms in total. The summed E-state index contributed by atoms with van der Waals surface area (Å²) in [6.45, 7) is 0. The van der Waals surface area contributed by atoms with Crippen molar-refractivity contribution < 1.29 is 9.90 Å². The highest BCUT2D eigenvalue weighted by molar-refractivity contribution is 7.16. The SMILES string of the molecule is O=C(O)c1ccc(-n2nc3c4ccccc4[nH]cc-3c2=O)s1. The number of thiophene rings is 1. The van der Waals surface area contributed by atoms with Gasteiger partial charge in [0.15, 0.2) is 0 Å². The maximum absolute atomic E-state index is 12.5. The number of pyridine rings is 1. The van der Waals surface area contributed by atoms with Crippen molar-refractivity contribution in [2.24, 2.45) is 0 Å². The molecule has 2 aliphatic heterocycles. The number of hydrogen-bond acceptors (Lipinski definition) is 4. The fraction of sp³-hybridized carbons (Fsp3) is 0. The Bertz CT molecular complexity index is 1040. The smallest absolute Gasteiger partial charge is 0.345 e. The fourth-order valence-corrected chi connectivity index (χ4v) is 3.21. The normalized spacial score (nSPS) is 11.3. The van der Waals surface area contributed by atoms with Gasteiger partial charge in [0.25, 0.3) is 5.56 Å². The molecule has 1 aromatic carbocycles. The summed E-state index contributed by atoms with van der Waals surface area (Å²) in [7, 11) is 0. The van der Waals surface area contributed by atoms with Crippen LogP contribution in [0.4, 0.5) is 0 Å². The lowest BCUT2D eigenvalue weighted by Gasteiger charge is -2.01. The number of fused-ring (bicyclic) bond motifs is 3. The van der Waals surface area contributed by atoms with Gasteiger partial charge >= 0.3 is 5.97 Å². The molecule has 2 aromatic rings. The molecule has 1 aromatic heterocycles. The molecule has 108 valence electrons. The molecule has 7 heteroatoms. The lowest BCUT2D eigenvalue weighted by atomic mass is 10.1. The van der Waals surface area contributed by atoms with Crippen LogP contribution < -0.4 is 5.56 Å². The van der Waals surface area contributed by atoms with Crippen molar-refractivity contribution >= 4 is 28.2 Å². The average molecular weight is 311 g/mol. The maximum Gasteiger partial charge on any atom is 0.345 e. The number of H-pyrrole nitrogens is 1. The lowest BCUT2D eigenvalue weighted by Crippen LogP contribution is -2.13. The van der Waals surface area contributed by atoms with Crippen molar-refractivity contribution in [2.45, 2.75) is 0 Å². The quantitative estimate of drug-likeness (QED) is 0.595. The van der Waals surface area contributed by atoms with E-state index in [0.29, 0.717) is 16.3 Å². The highest BCUT2D eigenvalue weighted by Gasteiger charge is 2.20. The second-order valence-corrected chi connectivity index (χ2v) is 5.82. The third-order valence-corrected chi connectivity index (χ3v) is 4.49. The Kier molecular flexibility index (Phi) is 2.64. The van der Waals surface area contributed by atoms with E-state index in [4.69, 9.17) is 5.11 Å². The van der Waals surface area contributed by atoms with Gasteiger partial charge in [-0.3, -0.25) is 4.79 Å². The van der Waals surface area contributed by atoms with E-state index >= 15 is 0 Å². The topological polar surface area (TPSA) is 88.0 Å². The summed E-state index contributed by atoms with van der Waals surface area (Å²) in [5.41, 5.74) is 1.70. The number of benzene rings is 1. The zero-order chi connectivity index (χ0) is 15.3. The van der Waals surface area contributed by atoms with Gasteiger partial charge in [-0.2, -0.15) is 9.78 Å². The second-order valence-electron chi connectivity index (χ2n) is 4.76. The number of aromatic carboxylic acids is 1. The van der Waals surface area contributed by atoms with Crippen molar-refractivity contribution in [1.82, 2.24) is 14.8 Å². The first-order valence-corrected chi connectivity index (χ1v) is 7.29. The van der Waals surface area contributed by atoms with Gasteiger partial charge in [-0.25, -0.2) is 4.79 Å². The molecule has 0 bridgehead atoms. The van der Waals surface area contributed by atoms with Gasteiger partial charge in [-0.1, -0.05) is 18.2 Å². The minimum absolute atomic E-state index is 0.172. The van der Waals surface area contributed by atoms with Crippen LogP contribution in [0.5, 0.6) is 0 Å². The highest BCUT2D eigenvalue weighted by atomic mass is 32.1. The van der Waals surface area contributed by atoms with Crippen LogP contribution in [0, 0.1) is 0 Å². The lowest BCUT2D eigenvalue weighted by molar-refractivity contribution is 0.0702. The highest BCUT2D eigenvalue weighted by Crippen LogP contribution is 2.27. The van der Waals surface area contributed by atoms with E-state index in [2.05, 4.69) is 10.1 Å². The number of carbonyl (C=O) groups is 1. The van der Waals surface area contributed by atoms with Crippen molar-refractivity contribution in [2.75, 3.05) is 0 Å². The molecule has 0 aliphatic carbocycles. The summed E-state index contributed by atoms with van der Waals surface area (Å²) in [6, 6.07) is 10.6. The van der Waals surface area contributed by atoms with E-state index in [1.165, 1.54) is 10.7 Å². The van der Waals surface area contributed by atoms with Gasteiger partial charge in [-0.05, 0) is 18.2 Å². The Morgan fingerprint density at radius 3 is 2.82 bits per heavy atom. The first-order valence-electron chi connectivity index (χ1n) is 6.48. The monoisotopic (exact) mass is 311 g/mol. The summed E-state index contributed by atoms with van der Waals surface area (Å²) >= 11 is 1.02. The Labute approximate surface area is 127 Å². The predicted octanol–water partition coefficient (Wildman–Crippen LogP) is 2.58. The molecular formula is C15H9N3O3S. The number of aromatic nitrogens is 3. The van der Waals surface area contributed by atoms with Gasteiger partial charge in [0.1, 0.15) is 15.6 Å². The molecule has 0 unspecified atom stereocenters. The largest absolute Gasteiger partial charge is 0.477 e. The molecule has 0 atom stereocenters.